The molecule has 1 aliphatic carbocycles. The number of carbonyl (C=O) groups excluding carboxylic acids is 2. The largest absolute Gasteiger partial charge is 0.448 e. The Hall–Kier alpha value is -2.30. The summed E-state index contributed by atoms with van der Waals surface area (Å²) in [7, 11) is 0. The maximum atomic E-state index is 12.8. The maximum absolute atomic E-state index is 12.8. The standard InChI is InChI=1S/C19H23F3N4O4/c20-19(21,22)14-7-30-16(24-14)3-11-4-18(5-11)9-26(10-18)17(28)25-2-1-13-12(6-25)23-15(27)8-29-13/h7,11-13H,1-6,8-10H2,(H,23,27)/t12-,13+/m0/s1. The second-order valence-corrected chi connectivity index (χ2v) is 9.00. The fourth-order valence-corrected chi connectivity index (χ4v) is 5.32. The van der Waals surface area contributed by atoms with E-state index in [0.29, 0.717) is 45.3 Å². The number of rotatable bonds is 2. The molecule has 4 aliphatic rings. The van der Waals surface area contributed by atoms with E-state index in [9.17, 15) is 22.8 Å². The first-order chi connectivity index (χ1) is 14.2. The molecular weight excluding hydrogens is 405 g/mol. The number of halogens is 3. The van der Waals surface area contributed by atoms with Crippen molar-refractivity contribution >= 4 is 11.9 Å². The van der Waals surface area contributed by atoms with Crippen LogP contribution in [0.3, 0.4) is 0 Å². The second-order valence-electron chi connectivity index (χ2n) is 9.00. The third-order valence-corrected chi connectivity index (χ3v) is 6.67. The lowest BCUT2D eigenvalue weighted by atomic mass is 9.57. The highest BCUT2D eigenvalue weighted by atomic mass is 19.4. The molecule has 4 heterocycles. The number of carbonyl (C=O) groups is 2. The molecule has 0 radical (unpaired) electrons. The smallest absolute Gasteiger partial charge is 0.436 e. The van der Waals surface area contributed by atoms with Gasteiger partial charge in [0.2, 0.25) is 5.91 Å². The molecule has 11 heteroatoms. The van der Waals surface area contributed by atoms with E-state index in [1.165, 1.54) is 0 Å². The van der Waals surface area contributed by atoms with Gasteiger partial charge in [-0.3, -0.25) is 4.79 Å². The summed E-state index contributed by atoms with van der Waals surface area (Å²) in [6.45, 7) is 2.46. The van der Waals surface area contributed by atoms with Gasteiger partial charge in [-0.25, -0.2) is 9.78 Å². The molecule has 164 valence electrons. The highest BCUT2D eigenvalue weighted by Gasteiger charge is 2.54. The van der Waals surface area contributed by atoms with Crippen LogP contribution in [0.15, 0.2) is 10.7 Å². The van der Waals surface area contributed by atoms with Gasteiger partial charge in [0.15, 0.2) is 11.6 Å². The van der Waals surface area contributed by atoms with Gasteiger partial charge in [-0.2, -0.15) is 13.2 Å². The molecule has 0 aromatic carbocycles. The molecule has 1 aromatic rings. The van der Waals surface area contributed by atoms with Crippen molar-refractivity contribution in [3.05, 3.63) is 17.8 Å². The van der Waals surface area contributed by atoms with Crippen molar-refractivity contribution in [1.29, 1.82) is 0 Å². The van der Waals surface area contributed by atoms with Crippen LogP contribution in [-0.4, -0.2) is 71.7 Å². The summed E-state index contributed by atoms with van der Waals surface area (Å²) >= 11 is 0. The van der Waals surface area contributed by atoms with Gasteiger partial charge in [0, 0.05) is 38.0 Å². The van der Waals surface area contributed by atoms with Crippen molar-refractivity contribution in [3.8, 4) is 0 Å². The average Bonchev–Trinajstić information content (AvgIpc) is 3.10. The fourth-order valence-electron chi connectivity index (χ4n) is 5.32. The monoisotopic (exact) mass is 428 g/mol. The van der Waals surface area contributed by atoms with E-state index in [0.717, 1.165) is 12.8 Å². The summed E-state index contributed by atoms with van der Waals surface area (Å²) in [6.07, 6.45) is -1.05. The van der Waals surface area contributed by atoms with Gasteiger partial charge in [0.1, 0.15) is 12.9 Å². The lowest BCUT2D eigenvalue weighted by molar-refractivity contribution is -0.141. The number of urea groups is 1. The third-order valence-electron chi connectivity index (χ3n) is 6.67. The maximum Gasteiger partial charge on any atom is 0.436 e. The Morgan fingerprint density at radius 3 is 2.77 bits per heavy atom. The molecule has 4 fully saturated rings. The van der Waals surface area contributed by atoms with Gasteiger partial charge < -0.3 is 24.3 Å². The molecular formula is C19H23F3N4O4. The van der Waals surface area contributed by atoms with Crippen LogP contribution in [0.1, 0.15) is 30.8 Å². The summed E-state index contributed by atoms with van der Waals surface area (Å²) in [5.41, 5.74) is -0.921. The summed E-state index contributed by atoms with van der Waals surface area (Å²) in [4.78, 5) is 31.4. The molecule has 0 bridgehead atoms. The Morgan fingerprint density at radius 2 is 2.07 bits per heavy atom. The van der Waals surface area contributed by atoms with Crippen molar-refractivity contribution in [2.45, 2.75) is 44.0 Å². The van der Waals surface area contributed by atoms with Gasteiger partial charge in [-0.1, -0.05) is 0 Å². The average molecular weight is 428 g/mol. The molecule has 0 unspecified atom stereocenters. The number of oxazole rings is 1. The van der Waals surface area contributed by atoms with E-state index >= 15 is 0 Å². The molecule has 8 nitrogen and oxygen atoms in total. The summed E-state index contributed by atoms with van der Waals surface area (Å²) in [6, 6.07) is -0.181. The molecule has 30 heavy (non-hydrogen) atoms. The lowest BCUT2D eigenvalue weighted by Gasteiger charge is -2.59. The molecule has 5 rings (SSSR count). The number of alkyl halides is 3. The predicted molar refractivity (Wildman–Crippen MR) is 95.2 cm³/mol. The number of piperidine rings is 1. The molecule has 1 N–H and O–H groups in total. The van der Waals surface area contributed by atoms with Crippen molar-refractivity contribution in [3.63, 3.8) is 0 Å². The number of ether oxygens (including phenoxy) is 1. The number of aromatic nitrogens is 1. The first kappa shape index (κ1) is 19.7. The van der Waals surface area contributed by atoms with Crippen molar-refractivity contribution in [1.82, 2.24) is 20.1 Å². The zero-order valence-electron chi connectivity index (χ0n) is 16.3. The molecule has 1 saturated carbocycles. The van der Waals surface area contributed by atoms with E-state index in [-0.39, 0.29) is 47.9 Å². The highest BCUT2D eigenvalue weighted by molar-refractivity contribution is 5.79. The SMILES string of the molecule is O=C1CO[C@@H]2CCN(C(=O)N3CC4(CC(Cc5nc(C(F)(F)F)co5)C4)C3)C[C@@H]2N1. The Balaban J connectivity index is 1.08. The number of morpholine rings is 1. The van der Waals surface area contributed by atoms with Gasteiger partial charge >= 0.3 is 12.2 Å². The van der Waals surface area contributed by atoms with E-state index in [1.54, 1.807) is 4.90 Å². The van der Waals surface area contributed by atoms with E-state index in [2.05, 4.69) is 10.3 Å². The topological polar surface area (TPSA) is 87.9 Å². The van der Waals surface area contributed by atoms with Crippen LogP contribution in [0.4, 0.5) is 18.0 Å². The minimum absolute atomic E-state index is 0.0233. The number of likely N-dealkylation sites (tertiary alicyclic amines) is 2. The first-order valence-corrected chi connectivity index (χ1v) is 10.2. The Kier molecular flexibility index (Phi) is 4.49. The number of fused-ring (bicyclic) bond motifs is 1. The summed E-state index contributed by atoms with van der Waals surface area (Å²) < 4.78 is 48.3. The van der Waals surface area contributed by atoms with Gasteiger partial charge in [-0.05, 0) is 25.2 Å². The minimum atomic E-state index is -4.49. The number of amides is 3. The molecule has 1 aromatic heterocycles. The zero-order valence-corrected chi connectivity index (χ0v) is 16.3. The molecule has 3 saturated heterocycles. The molecule has 1 spiro atoms. The molecule has 2 atom stereocenters. The number of nitrogens with zero attached hydrogens (tertiary/aromatic N) is 3. The Labute approximate surface area is 170 Å². The summed E-state index contributed by atoms with van der Waals surface area (Å²) in [5, 5.41) is 2.90. The Bertz CT molecular complexity index is 843. The van der Waals surface area contributed by atoms with E-state index < -0.39 is 11.9 Å². The number of hydrogen-bond donors (Lipinski definition) is 1. The quantitative estimate of drug-likeness (QED) is 0.774. The number of hydrogen-bond acceptors (Lipinski definition) is 5. The van der Waals surface area contributed by atoms with Crippen LogP contribution in [0.25, 0.3) is 0 Å². The minimum Gasteiger partial charge on any atom is -0.448 e. The third kappa shape index (κ3) is 3.52. The zero-order chi connectivity index (χ0) is 21.1. The normalized spacial score (nSPS) is 28.6. The van der Waals surface area contributed by atoms with Crippen molar-refractivity contribution < 1.29 is 31.9 Å². The second kappa shape index (κ2) is 6.86. The van der Waals surface area contributed by atoms with Crippen LogP contribution in [-0.2, 0) is 22.1 Å². The summed E-state index contributed by atoms with van der Waals surface area (Å²) in [5.74, 6) is 0.198. The Morgan fingerprint density at radius 1 is 1.30 bits per heavy atom. The van der Waals surface area contributed by atoms with E-state index in [1.807, 2.05) is 4.90 Å². The van der Waals surface area contributed by atoms with Crippen LogP contribution in [0.2, 0.25) is 0 Å². The molecule has 3 aliphatic heterocycles. The van der Waals surface area contributed by atoms with Crippen molar-refractivity contribution in [2.24, 2.45) is 11.3 Å². The van der Waals surface area contributed by atoms with Gasteiger partial charge in [-0.15, -0.1) is 0 Å². The van der Waals surface area contributed by atoms with Crippen molar-refractivity contribution in [2.75, 3.05) is 32.8 Å². The van der Waals surface area contributed by atoms with Crippen LogP contribution in [0.5, 0.6) is 0 Å². The van der Waals surface area contributed by atoms with Crippen LogP contribution in [0, 0.1) is 11.3 Å². The number of nitrogens with one attached hydrogen (secondary N) is 1. The van der Waals surface area contributed by atoms with Gasteiger partial charge in [0.25, 0.3) is 0 Å². The van der Waals surface area contributed by atoms with Crippen LogP contribution < -0.4 is 5.32 Å². The fraction of sp³-hybridized carbons (Fsp3) is 0.737. The van der Waals surface area contributed by atoms with Crippen LogP contribution >= 0.6 is 0 Å². The lowest BCUT2D eigenvalue weighted by Crippen LogP contribution is -2.68. The molecule has 3 amide bonds. The first-order valence-electron chi connectivity index (χ1n) is 10.2. The highest BCUT2D eigenvalue weighted by Crippen LogP contribution is 2.53. The van der Waals surface area contributed by atoms with Gasteiger partial charge in [0.05, 0.1) is 12.1 Å². The van der Waals surface area contributed by atoms with E-state index in [4.69, 9.17) is 9.15 Å². The predicted octanol–water partition coefficient (Wildman–Crippen LogP) is 1.66.